The quantitative estimate of drug-likeness (QED) is 0.667. The molecule has 0 radical (unpaired) electrons. The highest BCUT2D eigenvalue weighted by molar-refractivity contribution is 5.89. The van der Waals surface area contributed by atoms with Crippen LogP contribution in [0.25, 0.3) is 0 Å². The van der Waals surface area contributed by atoms with E-state index in [1.54, 1.807) is 0 Å². The molecule has 2 unspecified atom stereocenters. The first-order chi connectivity index (χ1) is 8.26. The highest BCUT2D eigenvalue weighted by Crippen LogP contribution is 2.26. The normalized spacial score (nSPS) is 15.8. The maximum atomic E-state index is 12.7. The minimum Gasteiger partial charge on any atom is -0.326 e. The summed E-state index contributed by atoms with van der Waals surface area (Å²) >= 11 is 0. The molecule has 3 nitrogen and oxygen atoms in total. The van der Waals surface area contributed by atoms with Crippen molar-refractivity contribution in [3.63, 3.8) is 0 Å². The smallest absolute Gasteiger partial charge is 0.156 e. The summed E-state index contributed by atoms with van der Waals surface area (Å²) in [6, 6.07) is -0.0215. The van der Waals surface area contributed by atoms with Gasteiger partial charge in [0, 0.05) is 17.5 Å². The van der Waals surface area contributed by atoms with Gasteiger partial charge >= 0.3 is 0 Å². The molecule has 0 saturated heterocycles. The first-order valence-electron chi connectivity index (χ1n) is 7.32. The highest BCUT2D eigenvalue weighted by atomic mass is 16.1. The van der Waals surface area contributed by atoms with E-state index in [1.807, 2.05) is 13.8 Å². The summed E-state index contributed by atoms with van der Waals surface area (Å²) in [6.07, 6.45) is 3.84. The number of Topliss-reactive ketones (excluding diaryl/α,β-unsaturated/α-hetero) is 1. The molecule has 0 saturated carbocycles. The van der Waals surface area contributed by atoms with E-state index in [4.69, 9.17) is 5.73 Å². The second kappa shape index (κ2) is 7.90. The summed E-state index contributed by atoms with van der Waals surface area (Å²) in [4.78, 5) is 12.7. The lowest BCUT2D eigenvalue weighted by Crippen LogP contribution is -2.56. The third kappa shape index (κ3) is 5.49. The van der Waals surface area contributed by atoms with Crippen molar-refractivity contribution in [1.82, 2.24) is 5.32 Å². The van der Waals surface area contributed by atoms with Gasteiger partial charge in [-0.05, 0) is 12.8 Å². The molecule has 0 amide bonds. The lowest BCUT2D eigenvalue weighted by Gasteiger charge is -2.33. The molecule has 0 aromatic carbocycles. The average molecular weight is 256 g/mol. The Balaban J connectivity index is 4.89. The molecule has 0 aromatic heterocycles. The molecule has 0 bridgehead atoms. The van der Waals surface area contributed by atoms with Crippen LogP contribution < -0.4 is 11.1 Å². The maximum Gasteiger partial charge on any atom is 0.156 e. The van der Waals surface area contributed by atoms with Crippen molar-refractivity contribution in [1.29, 1.82) is 0 Å². The fraction of sp³-hybridized carbons (Fsp3) is 0.933. The number of ketones is 1. The summed E-state index contributed by atoms with van der Waals surface area (Å²) in [5.41, 5.74) is 5.90. The number of carbonyl (C=O) groups excluding carboxylic acids is 1. The van der Waals surface area contributed by atoms with E-state index in [-0.39, 0.29) is 29.3 Å². The fourth-order valence-corrected chi connectivity index (χ4v) is 2.42. The first-order valence-corrected chi connectivity index (χ1v) is 7.32. The monoisotopic (exact) mass is 256 g/mol. The third-order valence-corrected chi connectivity index (χ3v) is 3.39. The van der Waals surface area contributed by atoms with Gasteiger partial charge in [0.2, 0.25) is 0 Å². The van der Waals surface area contributed by atoms with E-state index in [0.29, 0.717) is 0 Å². The summed E-state index contributed by atoms with van der Waals surface area (Å²) < 4.78 is 0. The van der Waals surface area contributed by atoms with Gasteiger partial charge in [0.25, 0.3) is 0 Å². The van der Waals surface area contributed by atoms with Gasteiger partial charge in [-0.25, -0.2) is 0 Å². The predicted molar refractivity (Wildman–Crippen MR) is 78.6 cm³/mol. The Labute approximate surface area is 113 Å². The van der Waals surface area contributed by atoms with Crippen LogP contribution in [-0.2, 0) is 4.79 Å². The van der Waals surface area contributed by atoms with Crippen molar-refractivity contribution in [2.45, 2.75) is 85.4 Å². The number of carbonyl (C=O) groups is 1. The number of nitrogens with two attached hydrogens (primary N) is 1. The maximum absolute atomic E-state index is 12.7. The van der Waals surface area contributed by atoms with Gasteiger partial charge in [0.1, 0.15) is 0 Å². The molecule has 108 valence electrons. The Morgan fingerprint density at radius 1 is 1.22 bits per heavy atom. The summed E-state index contributed by atoms with van der Waals surface area (Å²) in [5, 5.41) is 3.35. The average Bonchev–Trinajstić information content (AvgIpc) is 2.24. The van der Waals surface area contributed by atoms with Crippen molar-refractivity contribution in [3.05, 3.63) is 0 Å². The molecule has 3 heteroatoms. The Kier molecular flexibility index (Phi) is 7.72. The third-order valence-electron chi connectivity index (χ3n) is 3.39. The molecule has 0 heterocycles. The number of hydrogen-bond donors (Lipinski definition) is 2. The van der Waals surface area contributed by atoms with E-state index in [9.17, 15) is 4.79 Å². The first kappa shape index (κ1) is 17.6. The van der Waals surface area contributed by atoms with Crippen LogP contribution in [0.2, 0.25) is 0 Å². The van der Waals surface area contributed by atoms with Gasteiger partial charge in [-0.3, -0.25) is 4.79 Å². The van der Waals surface area contributed by atoms with Crippen LogP contribution in [0.5, 0.6) is 0 Å². The van der Waals surface area contributed by atoms with E-state index < -0.39 is 0 Å². The van der Waals surface area contributed by atoms with E-state index in [1.165, 1.54) is 0 Å². The molecule has 0 spiro atoms. The second-order valence-electron chi connectivity index (χ2n) is 6.25. The van der Waals surface area contributed by atoms with E-state index in [2.05, 4.69) is 33.0 Å². The molecule has 3 N–H and O–H groups in total. The lowest BCUT2D eigenvalue weighted by atomic mass is 9.78. The van der Waals surface area contributed by atoms with Crippen LogP contribution in [-0.4, -0.2) is 23.9 Å². The van der Waals surface area contributed by atoms with Crippen molar-refractivity contribution < 1.29 is 4.79 Å². The summed E-state index contributed by atoms with van der Waals surface area (Å²) in [5.74, 6) is 0.263. The lowest BCUT2D eigenvalue weighted by molar-refractivity contribution is -0.130. The predicted octanol–water partition coefficient (Wildman–Crippen LogP) is 2.88. The SMILES string of the molecule is CCCC(N)C(NC(C)C)C(=O)C(C)(C)CCC. The molecular formula is C15H32N2O. The van der Waals surface area contributed by atoms with Crippen LogP contribution in [0.4, 0.5) is 0 Å². The van der Waals surface area contributed by atoms with Gasteiger partial charge in [0.15, 0.2) is 5.78 Å². The van der Waals surface area contributed by atoms with Crippen molar-refractivity contribution in [2.75, 3.05) is 0 Å². The zero-order chi connectivity index (χ0) is 14.3. The van der Waals surface area contributed by atoms with Crippen molar-refractivity contribution >= 4 is 5.78 Å². The van der Waals surface area contributed by atoms with Crippen molar-refractivity contribution in [3.8, 4) is 0 Å². The molecule has 0 aliphatic carbocycles. The largest absolute Gasteiger partial charge is 0.326 e. The molecule has 0 fully saturated rings. The minimum absolute atomic E-state index is 0.0824. The molecule has 2 atom stereocenters. The standard InChI is InChI=1S/C15H32N2O/c1-7-9-12(16)13(17-11(3)4)14(18)15(5,6)10-8-2/h11-13,17H,7-10,16H2,1-6H3. The van der Waals surface area contributed by atoms with Gasteiger partial charge < -0.3 is 11.1 Å². The Hall–Kier alpha value is -0.410. The van der Waals surface area contributed by atoms with Crippen LogP contribution in [0.1, 0.15) is 67.2 Å². The van der Waals surface area contributed by atoms with Gasteiger partial charge in [-0.1, -0.05) is 54.4 Å². The zero-order valence-corrected chi connectivity index (χ0v) is 13.0. The van der Waals surface area contributed by atoms with Crippen LogP contribution in [0.3, 0.4) is 0 Å². The topological polar surface area (TPSA) is 55.1 Å². The minimum atomic E-state index is -0.285. The Morgan fingerprint density at radius 3 is 2.17 bits per heavy atom. The second-order valence-corrected chi connectivity index (χ2v) is 6.25. The molecule has 0 aliphatic rings. The van der Waals surface area contributed by atoms with Crippen LogP contribution >= 0.6 is 0 Å². The molecule has 0 aromatic rings. The Bertz CT molecular complexity index is 249. The molecule has 18 heavy (non-hydrogen) atoms. The summed E-state index contributed by atoms with van der Waals surface area (Å²) in [7, 11) is 0. The summed E-state index contributed by atoms with van der Waals surface area (Å²) in [6.45, 7) is 12.4. The number of rotatable bonds is 9. The Morgan fingerprint density at radius 2 is 1.78 bits per heavy atom. The highest BCUT2D eigenvalue weighted by Gasteiger charge is 2.35. The molecule has 0 aliphatic heterocycles. The molecular weight excluding hydrogens is 224 g/mol. The van der Waals surface area contributed by atoms with Crippen LogP contribution in [0.15, 0.2) is 0 Å². The van der Waals surface area contributed by atoms with Gasteiger partial charge in [-0.15, -0.1) is 0 Å². The van der Waals surface area contributed by atoms with E-state index in [0.717, 1.165) is 25.7 Å². The molecule has 0 rings (SSSR count). The van der Waals surface area contributed by atoms with E-state index >= 15 is 0 Å². The van der Waals surface area contributed by atoms with Gasteiger partial charge in [0.05, 0.1) is 6.04 Å². The fourth-order valence-electron chi connectivity index (χ4n) is 2.42. The van der Waals surface area contributed by atoms with Crippen molar-refractivity contribution in [2.24, 2.45) is 11.1 Å². The number of hydrogen-bond acceptors (Lipinski definition) is 3. The number of nitrogens with one attached hydrogen (secondary N) is 1. The van der Waals surface area contributed by atoms with Gasteiger partial charge in [-0.2, -0.15) is 0 Å². The zero-order valence-electron chi connectivity index (χ0n) is 13.0. The van der Waals surface area contributed by atoms with Crippen LogP contribution in [0, 0.1) is 5.41 Å².